The van der Waals surface area contributed by atoms with Crippen molar-refractivity contribution >= 4 is 23.3 Å². The van der Waals surface area contributed by atoms with E-state index < -0.39 is 0 Å². The fourth-order valence-electron chi connectivity index (χ4n) is 2.69. The Labute approximate surface area is 143 Å². The highest BCUT2D eigenvalue weighted by molar-refractivity contribution is 6.30. The number of amides is 2. The summed E-state index contributed by atoms with van der Waals surface area (Å²) in [6.45, 7) is 6.09. The number of nitrogens with zero attached hydrogens (tertiary/aromatic N) is 1. The molecule has 0 bridgehead atoms. The molecule has 2 unspecified atom stereocenters. The maximum atomic E-state index is 11.9. The molecule has 1 heterocycles. The van der Waals surface area contributed by atoms with E-state index in [4.69, 9.17) is 11.6 Å². The van der Waals surface area contributed by atoms with Crippen molar-refractivity contribution in [2.45, 2.75) is 38.8 Å². The van der Waals surface area contributed by atoms with Crippen molar-refractivity contribution in [3.63, 3.8) is 0 Å². The van der Waals surface area contributed by atoms with Crippen LogP contribution < -0.4 is 15.5 Å². The van der Waals surface area contributed by atoms with Crippen molar-refractivity contribution in [2.24, 2.45) is 5.92 Å². The molecule has 1 aliphatic heterocycles. The summed E-state index contributed by atoms with van der Waals surface area (Å²) in [5.74, 6) is 0.209. The van der Waals surface area contributed by atoms with Crippen LogP contribution in [0.5, 0.6) is 0 Å². The number of aliphatic hydroxyl groups is 1. The van der Waals surface area contributed by atoms with Gasteiger partial charge in [0.05, 0.1) is 6.10 Å². The van der Waals surface area contributed by atoms with E-state index in [9.17, 15) is 9.90 Å². The summed E-state index contributed by atoms with van der Waals surface area (Å²) in [7, 11) is 0. The first-order valence-corrected chi connectivity index (χ1v) is 8.56. The monoisotopic (exact) mass is 339 g/mol. The summed E-state index contributed by atoms with van der Waals surface area (Å²) in [4.78, 5) is 14.1. The smallest absolute Gasteiger partial charge is 0.315 e. The molecule has 1 saturated heterocycles. The van der Waals surface area contributed by atoms with Crippen LogP contribution in [0.3, 0.4) is 0 Å². The van der Waals surface area contributed by atoms with Gasteiger partial charge in [0.25, 0.3) is 0 Å². The molecule has 6 heteroatoms. The molecule has 3 N–H and O–H groups in total. The fourth-order valence-corrected chi connectivity index (χ4v) is 2.87. The second kappa shape index (κ2) is 8.41. The van der Waals surface area contributed by atoms with Gasteiger partial charge in [0.2, 0.25) is 0 Å². The molecule has 128 valence electrons. The lowest BCUT2D eigenvalue weighted by Crippen LogP contribution is -2.44. The number of nitrogens with one attached hydrogen (secondary N) is 2. The SMILES string of the molecule is CC(C)C(O)CCNC(=O)NC1CCN(c2cccc(Cl)c2)C1. The third-order valence-electron chi connectivity index (χ3n) is 4.19. The van der Waals surface area contributed by atoms with Gasteiger partial charge in [-0.25, -0.2) is 4.79 Å². The van der Waals surface area contributed by atoms with Gasteiger partial charge in [-0.05, 0) is 37.0 Å². The summed E-state index contributed by atoms with van der Waals surface area (Å²) in [5, 5.41) is 16.2. The van der Waals surface area contributed by atoms with Crippen LogP contribution in [-0.2, 0) is 0 Å². The van der Waals surface area contributed by atoms with Crippen molar-refractivity contribution in [3.8, 4) is 0 Å². The van der Waals surface area contributed by atoms with Crippen LogP contribution >= 0.6 is 11.6 Å². The van der Waals surface area contributed by atoms with Crippen molar-refractivity contribution < 1.29 is 9.90 Å². The molecule has 2 amide bonds. The number of halogens is 1. The first kappa shape index (κ1) is 17.9. The first-order valence-electron chi connectivity index (χ1n) is 8.18. The van der Waals surface area contributed by atoms with Gasteiger partial charge in [-0.2, -0.15) is 0 Å². The Balaban J connectivity index is 1.72. The number of carbonyl (C=O) groups excluding carboxylic acids is 1. The predicted molar refractivity (Wildman–Crippen MR) is 94.1 cm³/mol. The minimum absolute atomic E-state index is 0.129. The number of benzene rings is 1. The third-order valence-corrected chi connectivity index (χ3v) is 4.43. The lowest BCUT2D eigenvalue weighted by Gasteiger charge is -2.19. The van der Waals surface area contributed by atoms with Gasteiger partial charge in [-0.1, -0.05) is 31.5 Å². The molecule has 0 spiro atoms. The topological polar surface area (TPSA) is 64.6 Å². The van der Waals surface area contributed by atoms with E-state index in [0.717, 1.165) is 30.2 Å². The van der Waals surface area contributed by atoms with E-state index in [1.165, 1.54) is 0 Å². The number of anilines is 1. The summed E-state index contributed by atoms with van der Waals surface area (Å²) < 4.78 is 0. The zero-order valence-corrected chi connectivity index (χ0v) is 14.5. The van der Waals surface area contributed by atoms with Gasteiger partial charge in [0, 0.05) is 36.4 Å². The number of rotatable bonds is 6. The molecule has 0 radical (unpaired) electrons. The van der Waals surface area contributed by atoms with E-state index in [2.05, 4.69) is 15.5 Å². The average molecular weight is 340 g/mol. The van der Waals surface area contributed by atoms with E-state index in [1.54, 1.807) is 0 Å². The van der Waals surface area contributed by atoms with Crippen molar-refractivity contribution in [1.82, 2.24) is 10.6 Å². The summed E-state index contributed by atoms with van der Waals surface area (Å²) in [6, 6.07) is 7.72. The molecule has 0 aromatic heterocycles. The second-order valence-corrected chi connectivity index (χ2v) is 6.85. The highest BCUT2D eigenvalue weighted by Gasteiger charge is 2.24. The second-order valence-electron chi connectivity index (χ2n) is 6.41. The number of hydrogen-bond acceptors (Lipinski definition) is 3. The zero-order valence-electron chi connectivity index (χ0n) is 13.8. The summed E-state index contributed by atoms with van der Waals surface area (Å²) in [6.07, 6.45) is 1.11. The molecule has 5 nitrogen and oxygen atoms in total. The highest BCUT2D eigenvalue weighted by atomic mass is 35.5. The Kier molecular flexibility index (Phi) is 6.54. The Morgan fingerprint density at radius 2 is 2.26 bits per heavy atom. The maximum Gasteiger partial charge on any atom is 0.315 e. The number of aliphatic hydroxyl groups excluding tert-OH is 1. The molecule has 2 rings (SSSR count). The summed E-state index contributed by atoms with van der Waals surface area (Å²) >= 11 is 6.02. The Morgan fingerprint density at radius 1 is 1.48 bits per heavy atom. The fraction of sp³-hybridized carbons (Fsp3) is 0.588. The Hall–Kier alpha value is -1.46. The lowest BCUT2D eigenvalue weighted by atomic mass is 10.0. The number of hydrogen-bond donors (Lipinski definition) is 3. The maximum absolute atomic E-state index is 11.9. The molecule has 0 saturated carbocycles. The van der Waals surface area contributed by atoms with Gasteiger partial charge >= 0.3 is 6.03 Å². The number of carbonyl (C=O) groups is 1. The van der Waals surface area contributed by atoms with E-state index >= 15 is 0 Å². The first-order chi connectivity index (χ1) is 11.0. The average Bonchev–Trinajstić information content (AvgIpc) is 2.95. The highest BCUT2D eigenvalue weighted by Crippen LogP contribution is 2.23. The van der Waals surface area contributed by atoms with Crippen LogP contribution in [0.15, 0.2) is 24.3 Å². The van der Waals surface area contributed by atoms with Crippen LogP contribution in [0.4, 0.5) is 10.5 Å². The minimum Gasteiger partial charge on any atom is -0.393 e. The molecule has 0 aliphatic carbocycles. The molecule has 23 heavy (non-hydrogen) atoms. The largest absolute Gasteiger partial charge is 0.393 e. The van der Waals surface area contributed by atoms with E-state index in [0.29, 0.717) is 13.0 Å². The lowest BCUT2D eigenvalue weighted by molar-refractivity contribution is 0.116. The predicted octanol–water partition coefficient (Wildman–Crippen LogP) is 2.62. The van der Waals surface area contributed by atoms with Crippen molar-refractivity contribution in [1.29, 1.82) is 0 Å². The van der Waals surface area contributed by atoms with Crippen molar-refractivity contribution in [2.75, 3.05) is 24.5 Å². The molecule has 2 atom stereocenters. The van der Waals surface area contributed by atoms with Gasteiger partial charge in [-0.15, -0.1) is 0 Å². The quantitative estimate of drug-likeness (QED) is 0.746. The van der Waals surface area contributed by atoms with Crippen LogP contribution in [-0.4, -0.2) is 42.9 Å². The molecule has 1 fully saturated rings. The molecular weight excluding hydrogens is 314 g/mol. The molecular formula is C17H26ClN3O2. The van der Waals surface area contributed by atoms with E-state index in [1.807, 2.05) is 38.1 Å². The van der Waals surface area contributed by atoms with Crippen LogP contribution in [0.2, 0.25) is 5.02 Å². The van der Waals surface area contributed by atoms with E-state index in [-0.39, 0.29) is 24.1 Å². The zero-order chi connectivity index (χ0) is 16.8. The minimum atomic E-state index is -0.375. The van der Waals surface area contributed by atoms with Gasteiger partial charge in [0.15, 0.2) is 0 Å². The van der Waals surface area contributed by atoms with Gasteiger partial charge in [-0.3, -0.25) is 0 Å². The Bertz CT molecular complexity index is 524. The Morgan fingerprint density at radius 3 is 2.96 bits per heavy atom. The van der Waals surface area contributed by atoms with Crippen LogP contribution in [0, 0.1) is 5.92 Å². The van der Waals surface area contributed by atoms with Crippen LogP contribution in [0.1, 0.15) is 26.7 Å². The third kappa shape index (κ3) is 5.59. The molecule has 1 aliphatic rings. The van der Waals surface area contributed by atoms with Crippen LogP contribution in [0.25, 0.3) is 0 Å². The molecule has 1 aromatic rings. The molecule has 1 aromatic carbocycles. The standard InChI is InChI=1S/C17H26ClN3O2/c1-12(2)16(22)6-8-19-17(23)20-14-7-9-21(11-14)15-5-3-4-13(18)10-15/h3-5,10,12,14,16,22H,6-9,11H2,1-2H3,(H2,19,20,23). The van der Waals surface area contributed by atoms with Gasteiger partial charge in [0.1, 0.15) is 0 Å². The van der Waals surface area contributed by atoms with Gasteiger partial charge < -0.3 is 20.6 Å². The number of urea groups is 1. The van der Waals surface area contributed by atoms with Crippen molar-refractivity contribution in [3.05, 3.63) is 29.3 Å². The summed E-state index contributed by atoms with van der Waals surface area (Å²) in [5.41, 5.74) is 1.09. The normalized spacial score (nSPS) is 19.0.